The van der Waals surface area contributed by atoms with Gasteiger partial charge in [0.25, 0.3) is 5.91 Å². The normalized spacial score (nSPS) is 39.0. The van der Waals surface area contributed by atoms with Crippen LogP contribution in [0, 0.1) is 29.6 Å². The molecule has 1 spiro atoms. The van der Waals surface area contributed by atoms with Crippen molar-refractivity contribution >= 4 is 11.9 Å². The number of phenols is 1. The van der Waals surface area contributed by atoms with Crippen molar-refractivity contribution in [2.45, 2.75) is 58.3 Å². The van der Waals surface area contributed by atoms with Gasteiger partial charge in [0.05, 0.1) is 6.10 Å². The van der Waals surface area contributed by atoms with Gasteiger partial charge in [-0.05, 0) is 49.3 Å². The van der Waals surface area contributed by atoms with Gasteiger partial charge >= 0.3 is 5.97 Å². The van der Waals surface area contributed by atoms with Crippen LogP contribution >= 0.6 is 0 Å². The third kappa shape index (κ3) is 4.31. The van der Waals surface area contributed by atoms with Crippen molar-refractivity contribution in [3.8, 4) is 5.75 Å². The summed E-state index contributed by atoms with van der Waals surface area (Å²) < 4.78 is 6.11. The fourth-order valence-electron chi connectivity index (χ4n) is 5.84. The Bertz CT molecular complexity index is 1030. The maximum absolute atomic E-state index is 13.7. The molecule has 3 aliphatic rings. The molecule has 2 heterocycles. The van der Waals surface area contributed by atoms with Gasteiger partial charge in [-0.3, -0.25) is 4.79 Å². The first-order chi connectivity index (χ1) is 16.1. The third-order valence-electron chi connectivity index (χ3n) is 7.96. The summed E-state index contributed by atoms with van der Waals surface area (Å²) in [5.41, 5.74) is 0.799. The fourth-order valence-corrected chi connectivity index (χ4v) is 5.84. The largest absolute Gasteiger partial charge is 0.508 e. The maximum Gasteiger partial charge on any atom is 0.331 e. The van der Waals surface area contributed by atoms with Crippen molar-refractivity contribution in [1.29, 1.82) is 0 Å². The predicted octanol–water partition coefficient (Wildman–Crippen LogP) is 3.69. The number of benzene rings is 1. The molecule has 4 rings (SSSR count). The van der Waals surface area contributed by atoms with Crippen LogP contribution in [0.2, 0.25) is 0 Å². The van der Waals surface area contributed by atoms with Gasteiger partial charge in [0.2, 0.25) is 5.60 Å². The summed E-state index contributed by atoms with van der Waals surface area (Å²) in [6.45, 7) is 8.01. The van der Waals surface area contributed by atoms with E-state index in [-0.39, 0.29) is 41.4 Å². The Kier molecular flexibility index (Phi) is 6.72. The molecular formula is C28H35NO5. The van der Waals surface area contributed by atoms with Gasteiger partial charge in [-0.25, -0.2) is 4.79 Å². The van der Waals surface area contributed by atoms with Crippen molar-refractivity contribution in [2.24, 2.45) is 29.6 Å². The van der Waals surface area contributed by atoms with Crippen molar-refractivity contribution in [3.63, 3.8) is 0 Å². The van der Waals surface area contributed by atoms with E-state index in [1.165, 1.54) is 6.08 Å². The van der Waals surface area contributed by atoms with Crippen LogP contribution in [0.15, 0.2) is 60.2 Å². The van der Waals surface area contributed by atoms with Gasteiger partial charge in [0, 0.05) is 29.9 Å². The number of allylic oxidation sites excluding steroid dienone is 2. The molecule has 6 heteroatoms. The maximum atomic E-state index is 13.7. The number of aromatic hydroxyl groups is 1. The van der Waals surface area contributed by atoms with E-state index >= 15 is 0 Å². The number of hydrogen-bond acceptors (Lipinski definition) is 5. The van der Waals surface area contributed by atoms with Crippen molar-refractivity contribution < 1.29 is 24.5 Å². The van der Waals surface area contributed by atoms with Crippen molar-refractivity contribution in [2.75, 3.05) is 0 Å². The molecule has 6 nitrogen and oxygen atoms in total. The van der Waals surface area contributed by atoms with Crippen LogP contribution in [0.1, 0.15) is 39.7 Å². The highest BCUT2D eigenvalue weighted by molar-refractivity contribution is 5.94. The minimum absolute atomic E-state index is 0.00494. The molecule has 1 saturated heterocycles. The van der Waals surface area contributed by atoms with Crippen LogP contribution in [-0.2, 0) is 20.7 Å². The molecule has 0 radical (unpaired) electrons. The smallest absolute Gasteiger partial charge is 0.331 e. The van der Waals surface area contributed by atoms with Crippen LogP contribution in [0.3, 0.4) is 0 Å². The van der Waals surface area contributed by atoms with Gasteiger partial charge in [-0.2, -0.15) is 0 Å². The van der Waals surface area contributed by atoms with Crippen LogP contribution in [0.25, 0.3) is 0 Å². The Morgan fingerprint density at radius 3 is 2.53 bits per heavy atom. The van der Waals surface area contributed by atoms with Gasteiger partial charge in [0.1, 0.15) is 5.75 Å². The lowest BCUT2D eigenvalue weighted by atomic mass is 9.63. The molecule has 1 aromatic rings. The second kappa shape index (κ2) is 9.41. The van der Waals surface area contributed by atoms with Gasteiger partial charge in [-0.1, -0.05) is 62.8 Å². The number of aliphatic hydroxyl groups is 1. The Balaban J connectivity index is 1.76. The summed E-state index contributed by atoms with van der Waals surface area (Å²) in [5.74, 6) is -1.50. The summed E-state index contributed by atoms with van der Waals surface area (Å²) in [4.78, 5) is 26.7. The molecule has 1 unspecified atom stereocenters. The number of ether oxygens (including phenoxy) is 1. The SMILES string of the molecule is CC1=C[C@@H]2C=CC[C@H](C)[C@H](O)[C@H](C)/C=C/C(=O)OC23C(=O)N[C@@H](Cc2ccc(O)cc2)[C@@H]3[C@@H]1C. The Morgan fingerprint density at radius 1 is 1.12 bits per heavy atom. The quantitative estimate of drug-likeness (QED) is 0.457. The second-order valence-corrected chi connectivity index (χ2v) is 10.3. The summed E-state index contributed by atoms with van der Waals surface area (Å²) in [7, 11) is 0. The standard InChI is InChI=1S/C28H35NO5/c1-16-6-5-7-21-14-18(3)19(4)25-23(15-20-9-11-22(30)12-10-20)29-27(33)28(21,25)34-24(31)13-8-17(2)26(16)32/h5,7-14,16-17,19,21,23,25-26,30,32H,6,15H2,1-4H3,(H,29,33)/b7-5?,13-8+/t16-,17+,19+,21-,23-,25-,26-,28?/m0/s1. The lowest BCUT2D eigenvalue weighted by Crippen LogP contribution is -2.56. The lowest BCUT2D eigenvalue weighted by molar-refractivity contribution is -0.172. The third-order valence-corrected chi connectivity index (χ3v) is 7.96. The molecule has 1 amide bonds. The summed E-state index contributed by atoms with van der Waals surface area (Å²) >= 11 is 0. The number of esters is 1. The topological polar surface area (TPSA) is 95.9 Å². The van der Waals surface area contributed by atoms with Crippen LogP contribution in [0.5, 0.6) is 5.75 Å². The zero-order valence-corrected chi connectivity index (χ0v) is 20.3. The molecule has 34 heavy (non-hydrogen) atoms. The number of carbonyl (C=O) groups is 2. The highest BCUT2D eigenvalue weighted by Crippen LogP contribution is 2.50. The Hall–Kier alpha value is -2.86. The first-order valence-electron chi connectivity index (χ1n) is 12.2. The number of hydrogen-bond donors (Lipinski definition) is 3. The Morgan fingerprint density at radius 2 is 1.82 bits per heavy atom. The first kappa shape index (κ1) is 24.3. The highest BCUT2D eigenvalue weighted by atomic mass is 16.6. The number of aliphatic hydroxyl groups excluding tert-OH is 1. The number of carbonyl (C=O) groups excluding carboxylic acids is 2. The van der Waals surface area contributed by atoms with E-state index in [4.69, 9.17) is 4.74 Å². The van der Waals surface area contributed by atoms with Crippen LogP contribution in [-0.4, -0.2) is 39.8 Å². The van der Waals surface area contributed by atoms with Gasteiger partial charge in [0.15, 0.2) is 0 Å². The Labute approximate surface area is 201 Å². The fraction of sp³-hybridized carbons (Fsp3) is 0.500. The van der Waals surface area contributed by atoms with Crippen molar-refractivity contribution in [3.05, 3.63) is 65.8 Å². The average Bonchev–Trinajstić information content (AvgIpc) is 3.07. The minimum Gasteiger partial charge on any atom is -0.508 e. The van der Waals surface area contributed by atoms with E-state index in [1.807, 2.05) is 44.2 Å². The molecule has 0 saturated carbocycles. The van der Waals surface area contributed by atoms with Gasteiger partial charge in [-0.15, -0.1) is 0 Å². The molecule has 1 fully saturated rings. The number of nitrogens with one attached hydrogen (secondary N) is 1. The van der Waals surface area contributed by atoms with E-state index in [9.17, 15) is 19.8 Å². The second-order valence-electron chi connectivity index (χ2n) is 10.3. The van der Waals surface area contributed by atoms with E-state index in [0.717, 1.165) is 11.1 Å². The molecule has 8 atom stereocenters. The molecule has 2 aliphatic heterocycles. The van der Waals surface area contributed by atoms with Crippen LogP contribution < -0.4 is 5.32 Å². The predicted molar refractivity (Wildman–Crippen MR) is 130 cm³/mol. The van der Waals surface area contributed by atoms with E-state index in [1.54, 1.807) is 18.2 Å². The molecular weight excluding hydrogens is 430 g/mol. The van der Waals surface area contributed by atoms with E-state index in [2.05, 4.69) is 19.2 Å². The molecule has 0 bridgehead atoms. The summed E-state index contributed by atoms with van der Waals surface area (Å²) in [6, 6.07) is 6.75. The molecule has 1 aliphatic carbocycles. The van der Waals surface area contributed by atoms with Gasteiger partial charge < -0.3 is 20.3 Å². The summed E-state index contributed by atoms with van der Waals surface area (Å²) in [5, 5.41) is 23.4. The summed E-state index contributed by atoms with van der Waals surface area (Å²) in [6.07, 6.45) is 9.69. The zero-order chi connectivity index (χ0) is 24.6. The van der Waals surface area contributed by atoms with Crippen molar-refractivity contribution in [1.82, 2.24) is 5.32 Å². The first-order valence-corrected chi connectivity index (χ1v) is 12.2. The lowest BCUT2D eigenvalue weighted by Gasteiger charge is -2.44. The van der Waals surface area contributed by atoms with Crippen LogP contribution in [0.4, 0.5) is 0 Å². The number of amides is 1. The molecule has 0 aromatic heterocycles. The van der Waals surface area contributed by atoms with E-state index < -0.39 is 23.6 Å². The minimum atomic E-state index is -1.34. The molecule has 1 aromatic carbocycles. The average molecular weight is 466 g/mol. The zero-order valence-electron chi connectivity index (χ0n) is 20.3. The number of phenolic OH excluding ortho intramolecular Hbond substituents is 1. The monoisotopic (exact) mass is 465 g/mol. The molecule has 3 N–H and O–H groups in total. The number of rotatable bonds is 2. The van der Waals surface area contributed by atoms with E-state index in [0.29, 0.717) is 12.8 Å². The highest BCUT2D eigenvalue weighted by Gasteiger charge is 2.64. The molecule has 182 valence electrons.